The molecule has 1 aromatic heterocycles. The van der Waals surface area contributed by atoms with Crippen molar-refractivity contribution in [3.8, 4) is 0 Å². The molecule has 16 heavy (non-hydrogen) atoms. The van der Waals surface area contributed by atoms with Crippen LogP contribution in [0.4, 0.5) is 0 Å². The van der Waals surface area contributed by atoms with Crippen LogP contribution < -0.4 is 5.73 Å². The number of rotatable bonds is 4. The van der Waals surface area contributed by atoms with E-state index in [1.807, 2.05) is 12.4 Å². The first-order chi connectivity index (χ1) is 7.81. The van der Waals surface area contributed by atoms with E-state index in [1.165, 1.54) is 30.6 Å². The van der Waals surface area contributed by atoms with Gasteiger partial charge in [0.15, 0.2) is 0 Å². The van der Waals surface area contributed by atoms with Crippen molar-refractivity contribution in [3.63, 3.8) is 0 Å². The van der Waals surface area contributed by atoms with E-state index in [9.17, 15) is 0 Å². The molecule has 0 aliphatic carbocycles. The number of likely N-dealkylation sites (tertiary alicyclic amines) is 1. The van der Waals surface area contributed by atoms with Gasteiger partial charge >= 0.3 is 0 Å². The van der Waals surface area contributed by atoms with Gasteiger partial charge in [0, 0.05) is 18.9 Å². The summed E-state index contributed by atoms with van der Waals surface area (Å²) in [6.45, 7) is 3.15. The van der Waals surface area contributed by atoms with Crippen LogP contribution in [0, 0.1) is 0 Å². The van der Waals surface area contributed by atoms with Gasteiger partial charge in [0.2, 0.25) is 0 Å². The number of pyridine rings is 1. The normalized spacial score (nSPS) is 21.5. The molecule has 0 aromatic carbocycles. The van der Waals surface area contributed by atoms with Crippen molar-refractivity contribution in [1.82, 2.24) is 9.88 Å². The smallest absolute Gasteiger partial charge is 0.0302 e. The van der Waals surface area contributed by atoms with Gasteiger partial charge in [0.1, 0.15) is 0 Å². The van der Waals surface area contributed by atoms with Gasteiger partial charge in [-0.3, -0.25) is 4.98 Å². The molecule has 1 atom stereocenters. The van der Waals surface area contributed by atoms with Crippen molar-refractivity contribution < 1.29 is 0 Å². The van der Waals surface area contributed by atoms with Crippen LogP contribution in [0.1, 0.15) is 29.9 Å². The van der Waals surface area contributed by atoms with Crippen LogP contribution >= 0.6 is 0 Å². The van der Waals surface area contributed by atoms with Gasteiger partial charge in [-0.05, 0) is 62.5 Å². The minimum atomic E-state index is 0.695. The molecule has 0 amide bonds. The third-order valence-electron chi connectivity index (χ3n) is 3.42. The Morgan fingerprint density at radius 3 is 3.12 bits per heavy atom. The summed E-state index contributed by atoms with van der Waals surface area (Å²) in [4.78, 5) is 6.63. The van der Waals surface area contributed by atoms with Crippen LogP contribution in [0.5, 0.6) is 0 Å². The van der Waals surface area contributed by atoms with Crippen LogP contribution in [-0.4, -0.2) is 36.6 Å². The zero-order chi connectivity index (χ0) is 11.4. The van der Waals surface area contributed by atoms with E-state index in [2.05, 4.69) is 23.0 Å². The Kier molecular flexibility index (Phi) is 3.91. The summed E-state index contributed by atoms with van der Waals surface area (Å²) in [5.41, 5.74) is 8.46. The summed E-state index contributed by atoms with van der Waals surface area (Å²) in [5, 5.41) is 0. The van der Waals surface area contributed by atoms with Crippen molar-refractivity contribution >= 4 is 0 Å². The molecule has 2 heterocycles. The maximum atomic E-state index is 5.57. The molecule has 1 aliphatic heterocycles. The zero-order valence-electron chi connectivity index (χ0n) is 10.0. The van der Waals surface area contributed by atoms with Crippen molar-refractivity contribution in [3.05, 3.63) is 29.6 Å². The van der Waals surface area contributed by atoms with E-state index in [1.54, 1.807) is 0 Å². The van der Waals surface area contributed by atoms with Gasteiger partial charge in [0.05, 0.1) is 0 Å². The molecule has 1 aliphatic rings. The molecule has 0 saturated carbocycles. The maximum absolute atomic E-state index is 5.57. The van der Waals surface area contributed by atoms with Gasteiger partial charge in [-0.2, -0.15) is 0 Å². The lowest BCUT2D eigenvalue weighted by Crippen LogP contribution is -2.14. The molecule has 1 unspecified atom stereocenters. The highest BCUT2D eigenvalue weighted by Crippen LogP contribution is 2.28. The zero-order valence-corrected chi connectivity index (χ0v) is 10.0. The van der Waals surface area contributed by atoms with E-state index in [0.29, 0.717) is 5.92 Å². The number of nitrogens with zero attached hydrogens (tertiary/aromatic N) is 2. The molecule has 1 fully saturated rings. The quantitative estimate of drug-likeness (QED) is 0.832. The average molecular weight is 219 g/mol. The Balaban J connectivity index is 2.12. The summed E-state index contributed by atoms with van der Waals surface area (Å²) in [5.74, 6) is 0.695. The van der Waals surface area contributed by atoms with Gasteiger partial charge in [0.25, 0.3) is 0 Å². The van der Waals surface area contributed by atoms with Gasteiger partial charge in [-0.15, -0.1) is 0 Å². The second-order valence-corrected chi connectivity index (χ2v) is 4.71. The van der Waals surface area contributed by atoms with E-state index < -0.39 is 0 Å². The molecular formula is C13H21N3. The number of nitrogens with two attached hydrogens (primary N) is 1. The molecular weight excluding hydrogens is 198 g/mol. The molecule has 1 saturated heterocycles. The minimum Gasteiger partial charge on any atom is -0.330 e. The topological polar surface area (TPSA) is 42.2 Å². The fourth-order valence-electron chi connectivity index (χ4n) is 2.53. The lowest BCUT2D eigenvalue weighted by Gasteiger charge is -2.15. The van der Waals surface area contributed by atoms with Crippen molar-refractivity contribution in [2.24, 2.45) is 5.73 Å². The Hall–Kier alpha value is -0.930. The van der Waals surface area contributed by atoms with Crippen LogP contribution in [0.2, 0.25) is 0 Å². The van der Waals surface area contributed by atoms with Gasteiger partial charge in [-0.1, -0.05) is 0 Å². The first kappa shape index (κ1) is 11.6. The Bertz CT molecular complexity index is 338. The highest BCUT2D eigenvalue weighted by Gasteiger charge is 2.22. The Morgan fingerprint density at radius 1 is 1.56 bits per heavy atom. The van der Waals surface area contributed by atoms with E-state index >= 15 is 0 Å². The SMILES string of the molecule is CN1CCC(c2ccncc2CCCN)C1. The first-order valence-corrected chi connectivity index (χ1v) is 6.12. The number of aromatic nitrogens is 1. The largest absolute Gasteiger partial charge is 0.330 e. The van der Waals surface area contributed by atoms with Crippen LogP contribution in [0.15, 0.2) is 18.5 Å². The monoisotopic (exact) mass is 219 g/mol. The highest BCUT2D eigenvalue weighted by atomic mass is 15.1. The summed E-state index contributed by atoms with van der Waals surface area (Å²) < 4.78 is 0. The Labute approximate surface area is 97.7 Å². The molecule has 3 heteroatoms. The number of hydrogen-bond acceptors (Lipinski definition) is 3. The lowest BCUT2D eigenvalue weighted by atomic mass is 9.93. The van der Waals surface area contributed by atoms with Crippen molar-refractivity contribution in [2.45, 2.75) is 25.2 Å². The number of aryl methyl sites for hydroxylation is 1. The third kappa shape index (κ3) is 2.60. The van der Waals surface area contributed by atoms with Gasteiger partial charge in [-0.25, -0.2) is 0 Å². The molecule has 1 aromatic rings. The van der Waals surface area contributed by atoms with Crippen molar-refractivity contribution in [1.29, 1.82) is 0 Å². The van der Waals surface area contributed by atoms with Crippen molar-refractivity contribution in [2.75, 3.05) is 26.7 Å². The molecule has 0 bridgehead atoms. The summed E-state index contributed by atoms with van der Waals surface area (Å²) in [6, 6.07) is 2.19. The van der Waals surface area contributed by atoms with E-state index in [4.69, 9.17) is 5.73 Å². The fourth-order valence-corrected chi connectivity index (χ4v) is 2.53. The molecule has 0 spiro atoms. The average Bonchev–Trinajstić information content (AvgIpc) is 2.73. The lowest BCUT2D eigenvalue weighted by molar-refractivity contribution is 0.411. The standard InChI is InChI=1S/C13H21N3/c1-16-8-5-12(10-16)13-4-7-15-9-11(13)3-2-6-14/h4,7,9,12H,2-3,5-6,8,10,14H2,1H3. The predicted molar refractivity (Wildman–Crippen MR) is 66.5 cm³/mol. The van der Waals surface area contributed by atoms with E-state index in [0.717, 1.165) is 19.4 Å². The second kappa shape index (κ2) is 5.41. The number of likely N-dealkylation sites (N-methyl/N-ethyl adjacent to an activating group) is 1. The van der Waals surface area contributed by atoms with Crippen LogP contribution in [-0.2, 0) is 6.42 Å². The Morgan fingerprint density at radius 2 is 2.44 bits per heavy atom. The van der Waals surface area contributed by atoms with Gasteiger partial charge < -0.3 is 10.6 Å². The summed E-state index contributed by atoms with van der Waals surface area (Å²) in [7, 11) is 2.20. The first-order valence-electron chi connectivity index (χ1n) is 6.12. The highest BCUT2D eigenvalue weighted by molar-refractivity contribution is 5.28. The third-order valence-corrected chi connectivity index (χ3v) is 3.42. The fraction of sp³-hybridized carbons (Fsp3) is 0.615. The molecule has 88 valence electrons. The molecule has 3 nitrogen and oxygen atoms in total. The maximum Gasteiger partial charge on any atom is 0.0302 e. The minimum absolute atomic E-state index is 0.695. The van der Waals surface area contributed by atoms with Crippen LogP contribution in [0.25, 0.3) is 0 Å². The molecule has 2 rings (SSSR count). The van der Waals surface area contributed by atoms with E-state index in [-0.39, 0.29) is 0 Å². The number of hydrogen-bond donors (Lipinski definition) is 1. The second-order valence-electron chi connectivity index (χ2n) is 4.71. The molecule has 2 N–H and O–H groups in total. The molecule has 0 radical (unpaired) electrons. The summed E-state index contributed by atoms with van der Waals surface area (Å²) in [6.07, 6.45) is 7.33. The van der Waals surface area contributed by atoms with Crippen LogP contribution in [0.3, 0.4) is 0 Å². The predicted octanol–water partition coefficient (Wildman–Crippen LogP) is 1.39. The summed E-state index contributed by atoms with van der Waals surface area (Å²) >= 11 is 0.